The van der Waals surface area contributed by atoms with Gasteiger partial charge in [-0.05, 0) is 32.0 Å². The Balaban J connectivity index is 2.04. The van der Waals surface area contributed by atoms with Gasteiger partial charge >= 0.3 is 5.97 Å². The molecule has 0 fully saturated rings. The highest BCUT2D eigenvalue weighted by atomic mass is 16.6. The normalized spacial score (nSPS) is 11.4. The third-order valence-corrected chi connectivity index (χ3v) is 3.30. The van der Waals surface area contributed by atoms with Crippen molar-refractivity contribution in [3.05, 3.63) is 69.8 Å². The Kier molecular flexibility index (Phi) is 5.26. The van der Waals surface area contributed by atoms with Crippen LogP contribution in [-0.2, 0) is 9.53 Å². The monoisotopic (exact) mass is 328 g/mol. The molecule has 0 saturated carbocycles. The van der Waals surface area contributed by atoms with Crippen LogP contribution in [0.2, 0.25) is 0 Å². The summed E-state index contributed by atoms with van der Waals surface area (Å²) in [5.74, 6) is -1.29. The molecule has 0 aliphatic heterocycles. The molecule has 0 saturated heterocycles. The molecule has 124 valence electrons. The summed E-state index contributed by atoms with van der Waals surface area (Å²) in [4.78, 5) is 34.4. The van der Waals surface area contributed by atoms with Gasteiger partial charge in [0.05, 0.1) is 10.5 Å². The lowest BCUT2D eigenvalue weighted by atomic mass is 10.1. The van der Waals surface area contributed by atoms with Crippen LogP contribution in [0.4, 0.5) is 11.4 Å². The van der Waals surface area contributed by atoms with E-state index in [-0.39, 0.29) is 11.4 Å². The summed E-state index contributed by atoms with van der Waals surface area (Å²) >= 11 is 0. The van der Waals surface area contributed by atoms with E-state index in [2.05, 4.69) is 5.32 Å². The smallest absolute Gasteiger partial charge is 0.338 e. The molecule has 2 rings (SSSR count). The quantitative estimate of drug-likeness (QED) is 0.516. The molecule has 0 unspecified atom stereocenters. The summed E-state index contributed by atoms with van der Waals surface area (Å²) in [5, 5.41) is 13.3. The highest BCUT2D eigenvalue weighted by molar-refractivity contribution is 5.98. The number of amides is 1. The SMILES string of the molecule is Cc1ccc(C(=O)O[C@H](C)C(=O)Nc2ccccc2[N+](=O)[O-])cc1. The summed E-state index contributed by atoms with van der Waals surface area (Å²) in [6.07, 6.45) is -1.10. The van der Waals surface area contributed by atoms with Crippen LogP contribution < -0.4 is 5.32 Å². The largest absolute Gasteiger partial charge is 0.449 e. The first-order chi connectivity index (χ1) is 11.4. The van der Waals surface area contributed by atoms with Gasteiger partial charge in [0.15, 0.2) is 6.10 Å². The lowest BCUT2D eigenvalue weighted by molar-refractivity contribution is -0.383. The number of anilines is 1. The molecule has 2 aromatic rings. The number of hydrogen-bond donors (Lipinski definition) is 1. The number of aryl methyl sites for hydroxylation is 1. The van der Waals surface area contributed by atoms with Crippen molar-refractivity contribution < 1.29 is 19.2 Å². The Hall–Kier alpha value is -3.22. The fourth-order valence-electron chi connectivity index (χ4n) is 1.94. The maximum atomic E-state index is 12.1. The first-order valence-corrected chi connectivity index (χ1v) is 7.20. The van der Waals surface area contributed by atoms with Crippen molar-refractivity contribution >= 4 is 23.3 Å². The van der Waals surface area contributed by atoms with Gasteiger partial charge in [0.1, 0.15) is 5.69 Å². The van der Waals surface area contributed by atoms with E-state index in [1.807, 2.05) is 6.92 Å². The van der Waals surface area contributed by atoms with E-state index in [0.29, 0.717) is 5.56 Å². The van der Waals surface area contributed by atoms with Crippen molar-refractivity contribution in [1.29, 1.82) is 0 Å². The van der Waals surface area contributed by atoms with Gasteiger partial charge in [-0.3, -0.25) is 14.9 Å². The molecule has 7 nitrogen and oxygen atoms in total. The Labute approximate surface area is 138 Å². The zero-order valence-corrected chi connectivity index (χ0v) is 13.2. The Bertz CT molecular complexity index is 771. The van der Waals surface area contributed by atoms with Gasteiger partial charge in [-0.15, -0.1) is 0 Å². The Morgan fingerprint density at radius 3 is 2.38 bits per heavy atom. The summed E-state index contributed by atoms with van der Waals surface area (Å²) in [7, 11) is 0. The molecule has 7 heteroatoms. The number of nitrogens with zero attached hydrogens (tertiary/aromatic N) is 1. The second-order valence-electron chi connectivity index (χ2n) is 5.18. The van der Waals surface area contributed by atoms with E-state index in [4.69, 9.17) is 4.74 Å². The molecule has 1 atom stereocenters. The standard InChI is InChI=1S/C17H16N2O5/c1-11-7-9-13(10-8-11)17(21)24-12(2)16(20)18-14-5-3-4-6-15(14)19(22)23/h3-10,12H,1-2H3,(H,18,20)/t12-/m1/s1. The Morgan fingerprint density at radius 1 is 1.12 bits per heavy atom. The van der Waals surface area contributed by atoms with Gasteiger partial charge in [0, 0.05) is 6.07 Å². The molecule has 1 amide bonds. The molecule has 0 aliphatic carbocycles. The number of ether oxygens (including phenoxy) is 1. The highest BCUT2D eigenvalue weighted by Crippen LogP contribution is 2.23. The van der Waals surface area contributed by atoms with Gasteiger partial charge in [0.2, 0.25) is 0 Å². The second-order valence-corrected chi connectivity index (χ2v) is 5.18. The summed E-state index contributed by atoms with van der Waals surface area (Å²) in [5.41, 5.74) is 1.13. The molecule has 0 radical (unpaired) electrons. The third-order valence-electron chi connectivity index (χ3n) is 3.30. The van der Waals surface area contributed by atoms with Gasteiger partial charge in [0.25, 0.3) is 11.6 Å². The third kappa shape index (κ3) is 4.16. The first kappa shape index (κ1) is 17.1. The average Bonchev–Trinajstić information content (AvgIpc) is 2.55. The second kappa shape index (κ2) is 7.36. The zero-order valence-electron chi connectivity index (χ0n) is 13.2. The number of benzene rings is 2. The van der Waals surface area contributed by atoms with Gasteiger partial charge in [-0.2, -0.15) is 0 Å². The molecule has 0 heterocycles. The lowest BCUT2D eigenvalue weighted by Crippen LogP contribution is -2.30. The average molecular weight is 328 g/mol. The summed E-state index contributed by atoms with van der Waals surface area (Å²) in [6.45, 7) is 3.29. The van der Waals surface area contributed by atoms with Crippen LogP contribution in [0.3, 0.4) is 0 Å². The Morgan fingerprint density at radius 2 is 1.75 bits per heavy atom. The van der Waals surface area contributed by atoms with Crippen LogP contribution in [-0.4, -0.2) is 22.9 Å². The molecule has 0 bridgehead atoms. The lowest BCUT2D eigenvalue weighted by Gasteiger charge is -2.13. The van der Waals surface area contributed by atoms with Crippen molar-refractivity contribution in [2.24, 2.45) is 0 Å². The van der Waals surface area contributed by atoms with E-state index < -0.39 is 22.9 Å². The van der Waals surface area contributed by atoms with E-state index >= 15 is 0 Å². The topological polar surface area (TPSA) is 98.5 Å². The van der Waals surface area contributed by atoms with Crippen LogP contribution in [0, 0.1) is 17.0 Å². The zero-order chi connectivity index (χ0) is 17.7. The minimum Gasteiger partial charge on any atom is -0.449 e. The maximum absolute atomic E-state index is 12.1. The molecule has 1 N–H and O–H groups in total. The summed E-state index contributed by atoms with van der Waals surface area (Å²) < 4.78 is 5.09. The van der Waals surface area contributed by atoms with E-state index in [1.165, 1.54) is 25.1 Å². The molecule has 24 heavy (non-hydrogen) atoms. The number of para-hydroxylation sites is 2. The van der Waals surface area contributed by atoms with Crippen molar-refractivity contribution in [2.45, 2.75) is 20.0 Å². The van der Waals surface area contributed by atoms with Crippen LogP contribution >= 0.6 is 0 Å². The fraction of sp³-hybridized carbons (Fsp3) is 0.176. The number of nitro benzene ring substituents is 1. The van der Waals surface area contributed by atoms with Gasteiger partial charge < -0.3 is 10.1 Å². The minimum atomic E-state index is -1.10. The number of rotatable bonds is 5. The maximum Gasteiger partial charge on any atom is 0.338 e. The molecule has 0 aliphatic rings. The van der Waals surface area contributed by atoms with Crippen LogP contribution in [0.5, 0.6) is 0 Å². The van der Waals surface area contributed by atoms with Crippen molar-refractivity contribution in [3.63, 3.8) is 0 Å². The molecule has 0 aromatic heterocycles. The highest BCUT2D eigenvalue weighted by Gasteiger charge is 2.22. The summed E-state index contributed by atoms with van der Waals surface area (Å²) in [6, 6.07) is 12.5. The molecule has 2 aromatic carbocycles. The van der Waals surface area contributed by atoms with Gasteiger partial charge in [-0.1, -0.05) is 29.8 Å². The number of esters is 1. The first-order valence-electron chi connectivity index (χ1n) is 7.20. The van der Waals surface area contributed by atoms with Crippen LogP contribution in [0.15, 0.2) is 48.5 Å². The molecular formula is C17H16N2O5. The number of carbonyl (C=O) groups is 2. The van der Waals surface area contributed by atoms with Crippen LogP contribution in [0.1, 0.15) is 22.8 Å². The number of hydrogen-bond acceptors (Lipinski definition) is 5. The van der Waals surface area contributed by atoms with Crippen molar-refractivity contribution in [3.8, 4) is 0 Å². The van der Waals surface area contributed by atoms with Gasteiger partial charge in [-0.25, -0.2) is 4.79 Å². The predicted molar refractivity (Wildman–Crippen MR) is 87.8 cm³/mol. The van der Waals surface area contributed by atoms with Crippen LogP contribution in [0.25, 0.3) is 0 Å². The van der Waals surface area contributed by atoms with E-state index in [0.717, 1.165) is 5.56 Å². The van der Waals surface area contributed by atoms with Crippen molar-refractivity contribution in [2.75, 3.05) is 5.32 Å². The number of nitrogens with one attached hydrogen (secondary N) is 1. The molecule has 0 spiro atoms. The predicted octanol–water partition coefficient (Wildman–Crippen LogP) is 3.09. The fourth-order valence-corrected chi connectivity index (χ4v) is 1.94. The number of carbonyl (C=O) groups excluding carboxylic acids is 2. The van der Waals surface area contributed by atoms with E-state index in [1.54, 1.807) is 30.3 Å². The van der Waals surface area contributed by atoms with Crippen molar-refractivity contribution in [1.82, 2.24) is 0 Å². The number of nitro groups is 1. The van der Waals surface area contributed by atoms with E-state index in [9.17, 15) is 19.7 Å². The molecular weight excluding hydrogens is 312 g/mol. The minimum absolute atomic E-state index is 0.0470.